The number of hydrogen-bond acceptors (Lipinski definition) is 1. The van der Waals surface area contributed by atoms with Gasteiger partial charge in [0.2, 0.25) is 0 Å². The van der Waals surface area contributed by atoms with Gasteiger partial charge < -0.3 is 4.74 Å². The van der Waals surface area contributed by atoms with Crippen molar-refractivity contribution in [1.82, 2.24) is 0 Å². The van der Waals surface area contributed by atoms with Crippen molar-refractivity contribution < 1.29 is 4.74 Å². The number of hydrogen-bond donors (Lipinski definition) is 0. The smallest absolute Gasteiger partial charge is 0.119 e. The van der Waals surface area contributed by atoms with E-state index in [0.717, 1.165) is 17.7 Å². The minimum absolute atomic E-state index is 0.413. The van der Waals surface area contributed by atoms with Crippen LogP contribution in [0.5, 0.6) is 5.75 Å². The molecule has 98 valence electrons. The molecule has 1 saturated carbocycles. The van der Waals surface area contributed by atoms with Gasteiger partial charge in [0, 0.05) is 10.7 Å². The predicted octanol–water partition coefficient (Wildman–Crippen LogP) is 4.51. The molecule has 0 saturated heterocycles. The molecule has 0 radical (unpaired) electrons. The minimum atomic E-state index is 0.413. The summed E-state index contributed by atoms with van der Waals surface area (Å²) in [5.74, 6) is 1.07. The van der Waals surface area contributed by atoms with Crippen LogP contribution in [-0.4, -0.2) is 11.9 Å². The third-order valence-electron chi connectivity index (χ3n) is 4.56. The molecule has 0 aromatic heterocycles. The first kappa shape index (κ1) is 12.5. The molecule has 0 atom stereocenters. The van der Waals surface area contributed by atoms with E-state index in [4.69, 9.17) is 4.74 Å². The fourth-order valence-electron chi connectivity index (χ4n) is 3.03. The van der Waals surface area contributed by atoms with E-state index in [1.165, 1.54) is 56.1 Å². The van der Waals surface area contributed by atoms with Crippen molar-refractivity contribution in [3.63, 3.8) is 0 Å². The van der Waals surface area contributed by atoms with Gasteiger partial charge >= 0.3 is 0 Å². The Hall–Kier alpha value is -0.500. The first-order valence-electron chi connectivity index (χ1n) is 7.12. The molecular formula is C16H21BrO. The van der Waals surface area contributed by atoms with Crippen LogP contribution in [0, 0.1) is 5.41 Å². The van der Waals surface area contributed by atoms with E-state index in [1.54, 1.807) is 0 Å². The summed E-state index contributed by atoms with van der Waals surface area (Å²) in [5.41, 5.74) is 3.46. The lowest BCUT2D eigenvalue weighted by molar-refractivity contribution is 0.0837. The molecule has 0 unspecified atom stereocenters. The lowest BCUT2D eigenvalue weighted by atomic mass is 9.71. The SMILES string of the molecule is BrCC1(COc2ccc3c(c2)CCCC3)CCC1. The van der Waals surface area contributed by atoms with Crippen LogP contribution in [0.4, 0.5) is 0 Å². The van der Waals surface area contributed by atoms with Crippen LogP contribution >= 0.6 is 15.9 Å². The summed E-state index contributed by atoms with van der Waals surface area (Å²) in [7, 11) is 0. The molecular weight excluding hydrogens is 288 g/mol. The van der Waals surface area contributed by atoms with Crippen molar-refractivity contribution in [1.29, 1.82) is 0 Å². The van der Waals surface area contributed by atoms with E-state index >= 15 is 0 Å². The molecule has 0 amide bonds. The highest BCUT2D eigenvalue weighted by Gasteiger charge is 2.36. The molecule has 2 aliphatic rings. The summed E-state index contributed by atoms with van der Waals surface area (Å²) in [6, 6.07) is 6.70. The van der Waals surface area contributed by atoms with Crippen molar-refractivity contribution in [2.45, 2.75) is 44.9 Å². The predicted molar refractivity (Wildman–Crippen MR) is 78.7 cm³/mol. The molecule has 3 rings (SSSR count). The molecule has 2 heteroatoms. The zero-order valence-electron chi connectivity index (χ0n) is 10.9. The van der Waals surface area contributed by atoms with Gasteiger partial charge in [-0.2, -0.15) is 0 Å². The van der Waals surface area contributed by atoms with Gasteiger partial charge in [-0.1, -0.05) is 28.4 Å². The fraction of sp³-hybridized carbons (Fsp3) is 0.625. The maximum atomic E-state index is 6.04. The molecule has 2 aliphatic carbocycles. The molecule has 0 N–H and O–H groups in total. The summed E-state index contributed by atoms with van der Waals surface area (Å²) in [6.07, 6.45) is 9.14. The Morgan fingerprint density at radius 3 is 2.50 bits per heavy atom. The van der Waals surface area contributed by atoms with Gasteiger partial charge in [-0.25, -0.2) is 0 Å². The van der Waals surface area contributed by atoms with E-state index in [2.05, 4.69) is 34.1 Å². The Bertz CT molecular complexity index is 418. The number of rotatable bonds is 4. The average molecular weight is 309 g/mol. The number of fused-ring (bicyclic) bond motifs is 1. The van der Waals surface area contributed by atoms with Crippen LogP contribution in [-0.2, 0) is 12.8 Å². The highest BCUT2D eigenvalue weighted by atomic mass is 79.9. The lowest BCUT2D eigenvalue weighted by Gasteiger charge is -2.40. The second kappa shape index (κ2) is 5.24. The molecule has 1 nitrogen and oxygen atoms in total. The summed E-state index contributed by atoms with van der Waals surface area (Å²) < 4.78 is 6.04. The summed E-state index contributed by atoms with van der Waals surface area (Å²) in [5, 5.41) is 1.07. The summed E-state index contributed by atoms with van der Waals surface area (Å²) >= 11 is 3.64. The zero-order valence-corrected chi connectivity index (χ0v) is 12.5. The molecule has 0 bridgehead atoms. The highest BCUT2D eigenvalue weighted by molar-refractivity contribution is 9.09. The minimum Gasteiger partial charge on any atom is -0.493 e. The average Bonchev–Trinajstić information content (AvgIpc) is 2.38. The van der Waals surface area contributed by atoms with Crippen LogP contribution in [0.1, 0.15) is 43.2 Å². The number of benzene rings is 1. The third-order valence-corrected chi connectivity index (χ3v) is 5.75. The second-order valence-electron chi connectivity index (χ2n) is 5.91. The van der Waals surface area contributed by atoms with Crippen molar-refractivity contribution >= 4 is 15.9 Å². The standard InChI is InChI=1S/C16H21BrO/c17-11-16(8-3-9-16)12-18-15-7-6-13-4-1-2-5-14(13)10-15/h6-7,10H,1-5,8-9,11-12H2. The zero-order chi connectivity index (χ0) is 12.4. The van der Waals surface area contributed by atoms with Crippen LogP contribution in [0.15, 0.2) is 18.2 Å². The maximum absolute atomic E-state index is 6.04. The van der Waals surface area contributed by atoms with Crippen LogP contribution in [0.2, 0.25) is 0 Å². The lowest BCUT2D eigenvalue weighted by Crippen LogP contribution is -2.37. The van der Waals surface area contributed by atoms with E-state index in [1.807, 2.05) is 0 Å². The van der Waals surface area contributed by atoms with Gasteiger partial charge in [-0.15, -0.1) is 0 Å². The maximum Gasteiger partial charge on any atom is 0.119 e. The van der Waals surface area contributed by atoms with E-state index < -0.39 is 0 Å². The third kappa shape index (κ3) is 2.45. The molecule has 18 heavy (non-hydrogen) atoms. The van der Waals surface area contributed by atoms with Crippen molar-refractivity contribution in [3.05, 3.63) is 29.3 Å². The topological polar surface area (TPSA) is 9.23 Å². The number of halogens is 1. The van der Waals surface area contributed by atoms with Gasteiger partial charge in [0.25, 0.3) is 0 Å². The molecule has 1 aromatic carbocycles. The molecule has 0 spiro atoms. The van der Waals surface area contributed by atoms with E-state index in [0.29, 0.717) is 5.41 Å². The molecule has 0 heterocycles. The highest BCUT2D eigenvalue weighted by Crippen LogP contribution is 2.42. The Kier molecular flexibility index (Phi) is 3.65. The van der Waals surface area contributed by atoms with Gasteiger partial charge in [-0.3, -0.25) is 0 Å². The van der Waals surface area contributed by atoms with Gasteiger partial charge in [0.05, 0.1) is 6.61 Å². The Balaban J connectivity index is 1.66. The van der Waals surface area contributed by atoms with Gasteiger partial charge in [-0.05, 0) is 61.8 Å². The second-order valence-corrected chi connectivity index (χ2v) is 6.47. The number of ether oxygens (including phenoxy) is 1. The van der Waals surface area contributed by atoms with Crippen molar-refractivity contribution in [2.24, 2.45) is 5.41 Å². The largest absolute Gasteiger partial charge is 0.493 e. The Morgan fingerprint density at radius 1 is 1.06 bits per heavy atom. The van der Waals surface area contributed by atoms with Gasteiger partial charge in [0.1, 0.15) is 5.75 Å². The van der Waals surface area contributed by atoms with Crippen LogP contribution < -0.4 is 4.74 Å². The van der Waals surface area contributed by atoms with E-state index in [-0.39, 0.29) is 0 Å². The first-order chi connectivity index (χ1) is 8.81. The van der Waals surface area contributed by atoms with Gasteiger partial charge in [0.15, 0.2) is 0 Å². The number of alkyl halides is 1. The Morgan fingerprint density at radius 2 is 1.83 bits per heavy atom. The summed E-state index contributed by atoms with van der Waals surface area (Å²) in [6.45, 7) is 0.872. The molecule has 1 aromatic rings. The van der Waals surface area contributed by atoms with Crippen LogP contribution in [0.3, 0.4) is 0 Å². The monoisotopic (exact) mass is 308 g/mol. The van der Waals surface area contributed by atoms with E-state index in [9.17, 15) is 0 Å². The normalized spacial score (nSPS) is 20.9. The van der Waals surface area contributed by atoms with Crippen molar-refractivity contribution in [3.8, 4) is 5.75 Å². The van der Waals surface area contributed by atoms with Crippen molar-refractivity contribution in [2.75, 3.05) is 11.9 Å². The molecule has 0 aliphatic heterocycles. The van der Waals surface area contributed by atoms with Crippen LogP contribution in [0.25, 0.3) is 0 Å². The number of aryl methyl sites for hydroxylation is 2. The first-order valence-corrected chi connectivity index (χ1v) is 8.24. The summed E-state index contributed by atoms with van der Waals surface area (Å²) in [4.78, 5) is 0. The Labute approximate surface area is 118 Å². The molecule has 1 fully saturated rings. The fourth-order valence-corrected chi connectivity index (χ4v) is 3.75. The quantitative estimate of drug-likeness (QED) is 0.744.